The Morgan fingerprint density at radius 3 is 2.47 bits per heavy atom. The van der Waals surface area contributed by atoms with Crippen LogP contribution in [-0.2, 0) is 11.3 Å². The normalized spacial score (nSPS) is 10.7. The Morgan fingerprint density at radius 2 is 1.97 bits per heavy atom. The number of aromatic nitrogens is 2. The number of alkyl halides is 2. The van der Waals surface area contributed by atoms with E-state index in [0.29, 0.717) is 11.4 Å². The van der Waals surface area contributed by atoms with Gasteiger partial charge >= 0.3 is 0 Å². The molecule has 0 aromatic carbocycles. The Balaban J connectivity index is 0.000000804. The van der Waals surface area contributed by atoms with Gasteiger partial charge < -0.3 is 20.2 Å². The molecule has 2 rings (SSSR count). The maximum Gasteiger partial charge on any atom is 0.278 e. The highest BCUT2D eigenvalue weighted by molar-refractivity contribution is 5.94. The van der Waals surface area contributed by atoms with Crippen molar-refractivity contribution < 1.29 is 23.1 Å². The van der Waals surface area contributed by atoms with Crippen molar-refractivity contribution in [3.05, 3.63) is 47.3 Å². The molecule has 0 fully saturated rings. The number of hydrogen-bond donors (Lipinski definition) is 2. The first-order valence-electron chi connectivity index (χ1n) is 9.39. The number of hydrogen-bond acceptors (Lipinski definition) is 6. The summed E-state index contributed by atoms with van der Waals surface area (Å²) >= 11 is 0. The Hall–Kier alpha value is -3.10. The van der Waals surface area contributed by atoms with E-state index in [1.807, 2.05) is 13.8 Å². The molecule has 30 heavy (non-hydrogen) atoms. The van der Waals surface area contributed by atoms with E-state index in [4.69, 9.17) is 4.74 Å². The lowest BCUT2D eigenvalue weighted by atomic mass is 10.2. The van der Waals surface area contributed by atoms with Crippen molar-refractivity contribution in [2.24, 2.45) is 5.92 Å². The number of nitrogens with one attached hydrogen (secondary N) is 2. The first kappa shape index (κ1) is 24.9. The van der Waals surface area contributed by atoms with Crippen LogP contribution in [0, 0.1) is 12.8 Å². The largest absolute Gasteiger partial charge is 0.471 e. The standard InChI is InChI=1S/C17H20F2N4O2.C4H8O/c1-11-6-13(7-14(20-3)23-11)16(24)22-9-12-4-5-15(21-8-12)25-10-17(2,18)19;1-4(2)3-5/h4-8H,9-10H2,1-3H3,(H,20,23)(H,22,24);3-4H,1-2H3. The van der Waals surface area contributed by atoms with Crippen LogP contribution < -0.4 is 15.4 Å². The summed E-state index contributed by atoms with van der Waals surface area (Å²) in [6, 6.07) is 6.49. The van der Waals surface area contributed by atoms with Crippen LogP contribution in [0.15, 0.2) is 30.5 Å². The van der Waals surface area contributed by atoms with Gasteiger partial charge in [-0.1, -0.05) is 19.9 Å². The van der Waals surface area contributed by atoms with Crippen molar-refractivity contribution in [3.63, 3.8) is 0 Å². The van der Waals surface area contributed by atoms with Crippen LogP contribution >= 0.6 is 0 Å². The van der Waals surface area contributed by atoms with E-state index in [-0.39, 0.29) is 24.2 Å². The molecule has 0 saturated heterocycles. The molecule has 0 aliphatic heterocycles. The van der Waals surface area contributed by atoms with Crippen LogP contribution in [0.5, 0.6) is 5.88 Å². The van der Waals surface area contributed by atoms with Gasteiger partial charge in [0.1, 0.15) is 12.1 Å². The topological polar surface area (TPSA) is 93.2 Å². The van der Waals surface area contributed by atoms with Crippen molar-refractivity contribution in [2.75, 3.05) is 19.0 Å². The molecular weight excluding hydrogens is 394 g/mol. The van der Waals surface area contributed by atoms with Gasteiger partial charge in [0.05, 0.1) is 0 Å². The molecule has 0 radical (unpaired) electrons. The number of pyridine rings is 2. The van der Waals surface area contributed by atoms with Crippen molar-refractivity contribution >= 4 is 18.0 Å². The second-order valence-corrected chi connectivity index (χ2v) is 7.06. The van der Waals surface area contributed by atoms with Gasteiger partial charge in [-0.15, -0.1) is 0 Å². The number of ether oxygens (including phenoxy) is 1. The fraction of sp³-hybridized carbons (Fsp3) is 0.429. The van der Waals surface area contributed by atoms with E-state index in [1.54, 1.807) is 32.2 Å². The molecule has 0 aliphatic carbocycles. The van der Waals surface area contributed by atoms with Crippen LogP contribution in [0.25, 0.3) is 0 Å². The Morgan fingerprint density at radius 1 is 1.30 bits per heavy atom. The highest BCUT2D eigenvalue weighted by Crippen LogP contribution is 2.15. The minimum absolute atomic E-state index is 0.111. The first-order valence-corrected chi connectivity index (χ1v) is 9.39. The molecule has 0 aliphatic rings. The molecule has 0 unspecified atom stereocenters. The molecule has 0 saturated carbocycles. The van der Waals surface area contributed by atoms with Crippen molar-refractivity contribution in [1.82, 2.24) is 15.3 Å². The van der Waals surface area contributed by atoms with E-state index >= 15 is 0 Å². The molecule has 0 atom stereocenters. The highest BCUT2D eigenvalue weighted by atomic mass is 19.3. The molecule has 0 spiro atoms. The van der Waals surface area contributed by atoms with E-state index in [9.17, 15) is 18.4 Å². The summed E-state index contributed by atoms with van der Waals surface area (Å²) in [5, 5.41) is 5.67. The van der Waals surface area contributed by atoms with Gasteiger partial charge in [-0.05, 0) is 24.6 Å². The van der Waals surface area contributed by atoms with Gasteiger partial charge in [-0.25, -0.2) is 18.7 Å². The average molecular weight is 422 g/mol. The van der Waals surface area contributed by atoms with Crippen LogP contribution in [0.3, 0.4) is 0 Å². The molecule has 0 bridgehead atoms. The summed E-state index contributed by atoms with van der Waals surface area (Å²) in [6.45, 7) is 5.81. The number of carbonyl (C=O) groups excluding carboxylic acids is 2. The number of halogens is 2. The third-order valence-corrected chi connectivity index (χ3v) is 3.47. The molecule has 2 N–H and O–H groups in total. The van der Waals surface area contributed by atoms with E-state index in [2.05, 4.69) is 20.6 Å². The molecule has 7 nitrogen and oxygen atoms in total. The maximum atomic E-state index is 12.7. The third-order valence-electron chi connectivity index (χ3n) is 3.47. The van der Waals surface area contributed by atoms with Gasteiger partial charge in [0.25, 0.3) is 11.8 Å². The summed E-state index contributed by atoms with van der Waals surface area (Å²) in [6.07, 6.45) is 2.39. The smallest absolute Gasteiger partial charge is 0.278 e. The lowest BCUT2D eigenvalue weighted by molar-refractivity contribution is -0.110. The summed E-state index contributed by atoms with van der Waals surface area (Å²) in [4.78, 5) is 29.9. The second kappa shape index (κ2) is 11.8. The zero-order valence-electron chi connectivity index (χ0n) is 17.8. The molecule has 2 heterocycles. The average Bonchev–Trinajstić information content (AvgIpc) is 2.70. The minimum atomic E-state index is -2.91. The molecule has 164 valence electrons. The molecule has 1 amide bonds. The fourth-order valence-electron chi connectivity index (χ4n) is 2.01. The maximum absolute atomic E-state index is 12.7. The van der Waals surface area contributed by atoms with E-state index in [0.717, 1.165) is 24.5 Å². The van der Waals surface area contributed by atoms with Crippen molar-refractivity contribution in [1.29, 1.82) is 0 Å². The summed E-state index contributed by atoms with van der Waals surface area (Å²) in [5.41, 5.74) is 1.95. The fourth-order valence-corrected chi connectivity index (χ4v) is 2.01. The number of nitrogens with zero attached hydrogens (tertiary/aromatic N) is 2. The van der Waals surface area contributed by atoms with Gasteiger partial charge in [0.15, 0.2) is 6.61 Å². The zero-order valence-corrected chi connectivity index (χ0v) is 17.8. The van der Waals surface area contributed by atoms with Gasteiger partial charge in [0, 0.05) is 50.0 Å². The van der Waals surface area contributed by atoms with Crippen LogP contribution in [0.1, 0.15) is 42.4 Å². The van der Waals surface area contributed by atoms with Crippen LogP contribution in [-0.4, -0.2) is 41.7 Å². The molecule has 9 heteroatoms. The van der Waals surface area contributed by atoms with Crippen molar-refractivity contribution in [3.8, 4) is 5.88 Å². The quantitative estimate of drug-likeness (QED) is 0.631. The van der Waals surface area contributed by atoms with E-state index in [1.165, 1.54) is 12.3 Å². The van der Waals surface area contributed by atoms with Crippen LogP contribution in [0.2, 0.25) is 0 Å². The molecule has 2 aromatic heterocycles. The molecular formula is C21H28F2N4O3. The van der Waals surface area contributed by atoms with Crippen LogP contribution in [0.4, 0.5) is 14.6 Å². The second-order valence-electron chi connectivity index (χ2n) is 7.06. The predicted molar refractivity (Wildman–Crippen MR) is 111 cm³/mol. The highest BCUT2D eigenvalue weighted by Gasteiger charge is 2.22. The first-order chi connectivity index (χ1) is 14.0. The Bertz CT molecular complexity index is 822. The SMILES string of the molecule is CC(C)C=O.CNc1cc(C(=O)NCc2ccc(OCC(C)(F)F)nc2)cc(C)n1. The van der Waals surface area contributed by atoms with Crippen molar-refractivity contribution in [2.45, 2.75) is 40.2 Å². The van der Waals surface area contributed by atoms with Gasteiger partial charge in [-0.3, -0.25) is 4.79 Å². The number of rotatable bonds is 8. The number of carbonyl (C=O) groups is 2. The number of aryl methyl sites for hydroxylation is 1. The number of anilines is 1. The number of amides is 1. The summed E-state index contributed by atoms with van der Waals surface area (Å²) in [7, 11) is 1.73. The predicted octanol–water partition coefficient (Wildman–Crippen LogP) is 3.63. The summed E-state index contributed by atoms with van der Waals surface area (Å²) in [5.74, 6) is -2.23. The monoisotopic (exact) mass is 422 g/mol. The van der Waals surface area contributed by atoms with E-state index < -0.39 is 12.5 Å². The summed E-state index contributed by atoms with van der Waals surface area (Å²) < 4.78 is 30.4. The number of aldehydes is 1. The lowest BCUT2D eigenvalue weighted by Crippen LogP contribution is -2.23. The Kier molecular flexibility index (Phi) is 9.80. The van der Waals surface area contributed by atoms with Gasteiger partial charge in [-0.2, -0.15) is 0 Å². The minimum Gasteiger partial charge on any atom is -0.471 e. The Labute approximate surface area is 175 Å². The molecule has 2 aromatic rings. The van der Waals surface area contributed by atoms with Gasteiger partial charge in [0.2, 0.25) is 5.88 Å². The lowest BCUT2D eigenvalue weighted by Gasteiger charge is -2.11. The third kappa shape index (κ3) is 9.90. The zero-order chi connectivity index (χ0) is 22.7.